The number of likely N-dealkylation sites (N-methyl/N-ethyl adjacent to an activating group) is 2. The molecule has 0 aliphatic carbocycles. The maximum absolute atomic E-state index is 5.31. The summed E-state index contributed by atoms with van der Waals surface area (Å²) in [6, 6.07) is 8.94. The molecule has 4 heteroatoms. The number of benzene rings is 1. The van der Waals surface area contributed by atoms with Gasteiger partial charge in [0.1, 0.15) is 5.75 Å². The predicted molar refractivity (Wildman–Crippen MR) is 83.4 cm³/mol. The van der Waals surface area contributed by atoms with Gasteiger partial charge in [-0.3, -0.25) is 4.90 Å². The molecule has 1 N–H and O–H groups in total. The summed E-state index contributed by atoms with van der Waals surface area (Å²) in [6.45, 7) is 6.93. The molecule has 0 spiro atoms. The minimum atomic E-state index is 0.291. The fourth-order valence-corrected chi connectivity index (χ4v) is 2.23. The van der Waals surface area contributed by atoms with E-state index in [1.54, 1.807) is 14.2 Å². The van der Waals surface area contributed by atoms with Gasteiger partial charge >= 0.3 is 0 Å². The smallest absolute Gasteiger partial charge is 0.119 e. The summed E-state index contributed by atoms with van der Waals surface area (Å²) in [6.07, 6.45) is 0. The molecule has 0 aromatic heterocycles. The first-order valence-electron chi connectivity index (χ1n) is 7.18. The van der Waals surface area contributed by atoms with Crippen LogP contribution in [0.2, 0.25) is 0 Å². The molecule has 0 amide bonds. The van der Waals surface area contributed by atoms with Crippen molar-refractivity contribution in [2.24, 2.45) is 0 Å². The van der Waals surface area contributed by atoms with Crippen molar-refractivity contribution in [1.29, 1.82) is 0 Å². The van der Waals surface area contributed by atoms with Gasteiger partial charge in [-0.25, -0.2) is 0 Å². The van der Waals surface area contributed by atoms with Gasteiger partial charge in [0.05, 0.1) is 13.7 Å². The molecule has 0 aliphatic heterocycles. The quantitative estimate of drug-likeness (QED) is 0.752. The lowest BCUT2D eigenvalue weighted by Gasteiger charge is -2.29. The van der Waals surface area contributed by atoms with E-state index >= 15 is 0 Å². The van der Waals surface area contributed by atoms with E-state index < -0.39 is 0 Å². The van der Waals surface area contributed by atoms with Gasteiger partial charge < -0.3 is 14.8 Å². The summed E-state index contributed by atoms with van der Waals surface area (Å²) in [5.74, 6) is 0.901. The van der Waals surface area contributed by atoms with Gasteiger partial charge in [0.15, 0.2) is 0 Å². The average molecular weight is 280 g/mol. The van der Waals surface area contributed by atoms with Gasteiger partial charge in [0.2, 0.25) is 0 Å². The third-order valence-electron chi connectivity index (χ3n) is 3.58. The van der Waals surface area contributed by atoms with Crippen LogP contribution >= 0.6 is 0 Å². The maximum Gasteiger partial charge on any atom is 0.119 e. The van der Waals surface area contributed by atoms with Crippen LogP contribution in [-0.2, 0) is 4.74 Å². The molecular formula is C16H28N2O2. The highest BCUT2D eigenvalue weighted by atomic mass is 16.5. The van der Waals surface area contributed by atoms with E-state index in [0.29, 0.717) is 12.1 Å². The Labute approximate surface area is 123 Å². The molecular weight excluding hydrogens is 252 g/mol. The van der Waals surface area contributed by atoms with Crippen molar-refractivity contribution in [1.82, 2.24) is 10.2 Å². The van der Waals surface area contributed by atoms with Gasteiger partial charge in [0.25, 0.3) is 0 Å². The second-order valence-electron chi connectivity index (χ2n) is 5.13. The Bertz CT molecular complexity index is 384. The van der Waals surface area contributed by atoms with E-state index in [4.69, 9.17) is 9.47 Å². The Hall–Kier alpha value is -1.10. The molecule has 1 aromatic rings. The predicted octanol–water partition coefficient (Wildman–Crippen LogP) is 2.31. The summed E-state index contributed by atoms with van der Waals surface area (Å²) >= 11 is 0. The first kappa shape index (κ1) is 17.0. The zero-order valence-corrected chi connectivity index (χ0v) is 13.3. The normalized spacial score (nSPS) is 14.3. The Kier molecular flexibility index (Phi) is 7.59. The standard InChI is InChI=1S/C16H28N2O2/c1-6-17-16(11-18(3)13(2)12-19-4)14-8-7-9-15(10-14)20-5/h7-10,13,16-17H,6,11-12H2,1-5H3. The zero-order chi connectivity index (χ0) is 15.0. The molecule has 0 saturated heterocycles. The molecule has 0 radical (unpaired) electrons. The summed E-state index contributed by atoms with van der Waals surface area (Å²) in [4.78, 5) is 2.32. The largest absolute Gasteiger partial charge is 0.497 e. The Morgan fingerprint density at radius 2 is 2.05 bits per heavy atom. The first-order chi connectivity index (χ1) is 9.62. The molecule has 0 heterocycles. The van der Waals surface area contributed by atoms with Crippen LogP contribution < -0.4 is 10.1 Å². The van der Waals surface area contributed by atoms with Crippen molar-refractivity contribution in [2.75, 3.05) is 41.0 Å². The van der Waals surface area contributed by atoms with Crippen molar-refractivity contribution in [3.63, 3.8) is 0 Å². The fourth-order valence-electron chi connectivity index (χ4n) is 2.23. The average Bonchev–Trinajstić information content (AvgIpc) is 2.47. The number of ether oxygens (including phenoxy) is 2. The number of hydrogen-bond acceptors (Lipinski definition) is 4. The molecule has 114 valence electrons. The molecule has 2 unspecified atom stereocenters. The second-order valence-corrected chi connectivity index (χ2v) is 5.13. The van der Waals surface area contributed by atoms with E-state index in [-0.39, 0.29) is 0 Å². The van der Waals surface area contributed by atoms with Crippen LogP contribution in [0.5, 0.6) is 5.75 Å². The van der Waals surface area contributed by atoms with Crippen LogP contribution in [0.3, 0.4) is 0 Å². The van der Waals surface area contributed by atoms with E-state index in [1.165, 1.54) is 5.56 Å². The van der Waals surface area contributed by atoms with Crippen molar-refractivity contribution >= 4 is 0 Å². The van der Waals surface area contributed by atoms with Crippen LogP contribution in [0.25, 0.3) is 0 Å². The fraction of sp³-hybridized carbons (Fsp3) is 0.625. The first-order valence-corrected chi connectivity index (χ1v) is 7.18. The van der Waals surface area contributed by atoms with E-state index in [0.717, 1.165) is 25.4 Å². The van der Waals surface area contributed by atoms with Crippen molar-refractivity contribution in [3.8, 4) is 5.75 Å². The van der Waals surface area contributed by atoms with Gasteiger partial charge in [-0.2, -0.15) is 0 Å². The molecule has 0 aliphatic rings. The minimum Gasteiger partial charge on any atom is -0.497 e. The lowest BCUT2D eigenvalue weighted by molar-refractivity contribution is 0.109. The molecule has 1 rings (SSSR count). The second kappa shape index (κ2) is 8.95. The number of methoxy groups -OCH3 is 2. The highest BCUT2D eigenvalue weighted by Crippen LogP contribution is 2.20. The number of nitrogens with zero attached hydrogens (tertiary/aromatic N) is 1. The maximum atomic E-state index is 5.31. The third-order valence-corrected chi connectivity index (χ3v) is 3.58. The van der Waals surface area contributed by atoms with Crippen LogP contribution in [0.1, 0.15) is 25.5 Å². The van der Waals surface area contributed by atoms with Crippen LogP contribution in [-0.4, -0.2) is 51.9 Å². The van der Waals surface area contributed by atoms with E-state index in [2.05, 4.69) is 43.2 Å². The number of hydrogen-bond donors (Lipinski definition) is 1. The lowest BCUT2D eigenvalue weighted by atomic mass is 10.1. The molecule has 0 bridgehead atoms. The SMILES string of the molecule is CCNC(CN(C)C(C)COC)c1cccc(OC)c1. The summed E-state index contributed by atoms with van der Waals surface area (Å²) in [5, 5.41) is 3.54. The molecule has 2 atom stereocenters. The van der Waals surface area contributed by atoms with Gasteiger partial charge in [-0.15, -0.1) is 0 Å². The molecule has 0 fully saturated rings. The molecule has 20 heavy (non-hydrogen) atoms. The van der Waals surface area contributed by atoms with Crippen LogP contribution in [0.15, 0.2) is 24.3 Å². The molecule has 4 nitrogen and oxygen atoms in total. The highest BCUT2D eigenvalue weighted by Gasteiger charge is 2.17. The minimum absolute atomic E-state index is 0.291. The Morgan fingerprint density at radius 1 is 1.30 bits per heavy atom. The van der Waals surface area contributed by atoms with Gasteiger partial charge in [0, 0.05) is 25.7 Å². The van der Waals surface area contributed by atoms with Crippen molar-refractivity contribution in [2.45, 2.75) is 25.9 Å². The summed E-state index contributed by atoms with van der Waals surface area (Å²) in [5.41, 5.74) is 1.25. The number of nitrogens with one attached hydrogen (secondary N) is 1. The topological polar surface area (TPSA) is 33.7 Å². The Morgan fingerprint density at radius 3 is 2.65 bits per heavy atom. The molecule has 1 aromatic carbocycles. The third kappa shape index (κ3) is 5.12. The lowest BCUT2D eigenvalue weighted by Crippen LogP contribution is -2.39. The zero-order valence-electron chi connectivity index (χ0n) is 13.3. The monoisotopic (exact) mass is 280 g/mol. The van der Waals surface area contributed by atoms with Gasteiger partial charge in [-0.05, 0) is 38.2 Å². The van der Waals surface area contributed by atoms with Crippen LogP contribution in [0, 0.1) is 0 Å². The van der Waals surface area contributed by atoms with E-state index in [1.807, 2.05) is 12.1 Å². The summed E-state index contributed by atoms with van der Waals surface area (Å²) < 4.78 is 10.5. The highest BCUT2D eigenvalue weighted by molar-refractivity contribution is 5.30. The molecule has 0 saturated carbocycles. The van der Waals surface area contributed by atoms with Gasteiger partial charge in [-0.1, -0.05) is 19.1 Å². The number of rotatable bonds is 9. The van der Waals surface area contributed by atoms with Crippen molar-refractivity contribution < 1.29 is 9.47 Å². The Balaban J connectivity index is 2.77. The van der Waals surface area contributed by atoms with Crippen LogP contribution in [0.4, 0.5) is 0 Å². The van der Waals surface area contributed by atoms with E-state index in [9.17, 15) is 0 Å². The van der Waals surface area contributed by atoms with Crippen molar-refractivity contribution in [3.05, 3.63) is 29.8 Å². The summed E-state index contributed by atoms with van der Waals surface area (Å²) in [7, 11) is 5.58.